The zero-order valence-electron chi connectivity index (χ0n) is 13.9. The Labute approximate surface area is 139 Å². The second-order valence-corrected chi connectivity index (χ2v) is 5.81. The maximum atomic E-state index is 12.1. The molecular formula is C16H19N3O5. The maximum absolute atomic E-state index is 12.1. The fourth-order valence-corrected chi connectivity index (χ4v) is 1.66. The minimum Gasteiger partial charge on any atom is -0.449 e. The minimum absolute atomic E-state index is 0.0900. The molecule has 2 atom stereocenters. The number of rotatable bonds is 6. The van der Waals surface area contributed by atoms with Crippen molar-refractivity contribution in [3.63, 3.8) is 0 Å². The number of hydrogen-bond donors (Lipinski definition) is 1. The van der Waals surface area contributed by atoms with Crippen LogP contribution in [0.3, 0.4) is 0 Å². The molecule has 24 heavy (non-hydrogen) atoms. The molecule has 0 saturated heterocycles. The van der Waals surface area contributed by atoms with Crippen LogP contribution >= 0.6 is 0 Å². The van der Waals surface area contributed by atoms with Gasteiger partial charge >= 0.3 is 5.97 Å². The van der Waals surface area contributed by atoms with Gasteiger partial charge in [-0.2, -0.15) is 5.26 Å². The summed E-state index contributed by atoms with van der Waals surface area (Å²) in [6.07, 6.45) is -1.11. The quantitative estimate of drug-likeness (QED) is 0.483. The number of nitro groups is 1. The summed E-state index contributed by atoms with van der Waals surface area (Å²) in [7, 11) is 0. The lowest BCUT2D eigenvalue weighted by atomic mass is 9.90. The van der Waals surface area contributed by atoms with E-state index in [1.54, 1.807) is 20.8 Å². The molecule has 1 aromatic rings. The van der Waals surface area contributed by atoms with Crippen molar-refractivity contribution in [2.45, 2.75) is 39.3 Å². The Balaban J connectivity index is 2.74. The Morgan fingerprint density at radius 2 is 1.83 bits per heavy atom. The smallest absolute Gasteiger partial charge is 0.338 e. The first kappa shape index (κ1) is 19.1. The maximum Gasteiger partial charge on any atom is 0.338 e. The molecule has 0 aliphatic heterocycles. The van der Waals surface area contributed by atoms with E-state index >= 15 is 0 Å². The van der Waals surface area contributed by atoms with Crippen LogP contribution in [0.15, 0.2) is 24.3 Å². The van der Waals surface area contributed by atoms with Crippen molar-refractivity contribution in [3.05, 3.63) is 39.9 Å². The lowest BCUT2D eigenvalue weighted by molar-refractivity contribution is -0.384. The second kappa shape index (κ2) is 7.55. The monoisotopic (exact) mass is 333 g/mol. The van der Waals surface area contributed by atoms with Crippen LogP contribution < -0.4 is 5.32 Å². The lowest BCUT2D eigenvalue weighted by Crippen LogP contribution is -2.52. The van der Waals surface area contributed by atoms with Crippen LogP contribution in [0.5, 0.6) is 0 Å². The van der Waals surface area contributed by atoms with Gasteiger partial charge in [-0.05, 0) is 31.9 Å². The highest BCUT2D eigenvalue weighted by Crippen LogP contribution is 2.16. The second-order valence-electron chi connectivity index (χ2n) is 5.81. The molecule has 0 heterocycles. The molecule has 1 amide bonds. The molecule has 1 N–H and O–H groups in total. The van der Waals surface area contributed by atoms with Crippen molar-refractivity contribution in [2.75, 3.05) is 0 Å². The zero-order valence-corrected chi connectivity index (χ0v) is 13.9. The fraction of sp³-hybridized carbons (Fsp3) is 0.438. The van der Waals surface area contributed by atoms with Gasteiger partial charge in [-0.3, -0.25) is 14.9 Å². The van der Waals surface area contributed by atoms with E-state index in [2.05, 4.69) is 5.32 Å². The van der Waals surface area contributed by atoms with Crippen molar-refractivity contribution in [3.8, 4) is 6.07 Å². The molecule has 0 unspecified atom stereocenters. The van der Waals surface area contributed by atoms with Crippen molar-refractivity contribution >= 4 is 17.6 Å². The third-order valence-corrected chi connectivity index (χ3v) is 3.74. The molecule has 8 heteroatoms. The first-order chi connectivity index (χ1) is 11.1. The highest BCUT2D eigenvalue weighted by Gasteiger charge is 2.32. The Hall–Kier alpha value is -2.95. The number of benzene rings is 1. The Morgan fingerprint density at radius 3 is 2.25 bits per heavy atom. The van der Waals surface area contributed by atoms with Gasteiger partial charge in [0.2, 0.25) is 0 Å². The van der Waals surface area contributed by atoms with Crippen molar-refractivity contribution < 1.29 is 19.2 Å². The normalized spacial score (nSPS) is 14.2. The van der Waals surface area contributed by atoms with Crippen molar-refractivity contribution in [2.24, 2.45) is 5.92 Å². The highest BCUT2D eigenvalue weighted by molar-refractivity contribution is 5.92. The molecule has 0 aromatic heterocycles. The van der Waals surface area contributed by atoms with E-state index in [1.165, 1.54) is 31.2 Å². The van der Waals surface area contributed by atoms with Crippen LogP contribution in [-0.2, 0) is 9.53 Å². The molecule has 128 valence electrons. The molecule has 0 bridgehead atoms. The third kappa shape index (κ3) is 4.52. The Kier molecular flexibility index (Phi) is 6.01. The first-order valence-corrected chi connectivity index (χ1v) is 7.29. The fourth-order valence-electron chi connectivity index (χ4n) is 1.66. The largest absolute Gasteiger partial charge is 0.449 e. The van der Waals surface area contributed by atoms with Gasteiger partial charge in [0.05, 0.1) is 16.6 Å². The van der Waals surface area contributed by atoms with Crippen LogP contribution in [-0.4, -0.2) is 28.4 Å². The molecule has 1 aromatic carbocycles. The Morgan fingerprint density at radius 1 is 1.29 bits per heavy atom. The average Bonchev–Trinajstić information content (AvgIpc) is 2.54. The number of carbonyl (C=O) groups excluding carboxylic acids is 2. The van der Waals surface area contributed by atoms with E-state index in [0.717, 1.165) is 0 Å². The average molecular weight is 333 g/mol. The molecule has 0 radical (unpaired) electrons. The molecule has 0 spiro atoms. The topological polar surface area (TPSA) is 122 Å². The summed E-state index contributed by atoms with van der Waals surface area (Å²) in [4.78, 5) is 34.1. The predicted molar refractivity (Wildman–Crippen MR) is 85.0 cm³/mol. The molecule has 8 nitrogen and oxygen atoms in total. The summed E-state index contributed by atoms with van der Waals surface area (Å²) in [6, 6.07) is 6.87. The number of ether oxygens (including phenoxy) is 1. The molecule has 0 aliphatic carbocycles. The van der Waals surface area contributed by atoms with Gasteiger partial charge in [0.1, 0.15) is 5.54 Å². The number of amides is 1. The molecule has 0 fully saturated rings. The third-order valence-electron chi connectivity index (χ3n) is 3.74. The van der Waals surface area contributed by atoms with Crippen molar-refractivity contribution in [1.82, 2.24) is 5.32 Å². The van der Waals surface area contributed by atoms with Crippen LogP contribution in [0.4, 0.5) is 5.69 Å². The van der Waals surface area contributed by atoms with Crippen LogP contribution in [0.1, 0.15) is 38.1 Å². The zero-order chi connectivity index (χ0) is 18.5. The van der Waals surface area contributed by atoms with E-state index in [4.69, 9.17) is 4.74 Å². The predicted octanol–water partition coefficient (Wildman–Crippen LogP) is 2.19. The minimum atomic E-state index is -1.11. The van der Waals surface area contributed by atoms with Crippen LogP contribution in [0.25, 0.3) is 0 Å². The standard InChI is InChI=1S/C16H19N3O5/c1-10(2)16(4,9-17)18-14(20)11(3)24-15(21)12-5-7-13(8-6-12)19(22)23/h5-8,10-11H,1-4H3,(H,18,20)/t11-,16-/m0/s1. The molecule has 0 saturated carbocycles. The number of hydrogen-bond acceptors (Lipinski definition) is 6. The number of carbonyl (C=O) groups is 2. The Bertz CT molecular complexity index is 678. The van der Waals surface area contributed by atoms with E-state index in [9.17, 15) is 25.0 Å². The highest BCUT2D eigenvalue weighted by atomic mass is 16.6. The molecule has 1 rings (SSSR count). The van der Waals surface area contributed by atoms with Gasteiger partial charge < -0.3 is 10.1 Å². The van der Waals surface area contributed by atoms with Gasteiger partial charge in [-0.25, -0.2) is 4.79 Å². The summed E-state index contributed by atoms with van der Waals surface area (Å²) >= 11 is 0. The summed E-state index contributed by atoms with van der Waals surface area (Å²) in [6.45, 7) is 6.55. The van der Waals surface area contributed by atoms with E-state index in [0.29, 0.717) is 0 Å². The first-order valence-electron chi connectivity index (χ1n) is 7.29. The summed E-state index contributed by atoms with van der Waals surface area (Å²) < 4.78 is 5.04. The van der Waals surface area contributed by atoms with Crippen molar-refractivity contribution in [1.29, 1.82) is 5.26 Å². The van der Waals surface area contributed by atoms with E-state index in [1.807, 2.05) is 6.07 Å². The number of nitrogens with one attached hydrogen (secondary N) is 1. The van der Waals surface area contributed by atoms with Gasteiger partial charge in [0, 0.05) is 12.1 Å². The van der Waals surface area contributed by atoms with Gasteiger partial charge in [-0.15, -0.1) is 0 Å². The van der Waals surface area contributed by atoms with E-state index in [-0.39, 0.29) is 17.2 Å². The lowest BCUT2D eigenvalue weighted by Gasteiger charge is -2.28. The number of nitrogens with zero attached hydrogens (tertiary/aromatic N) is 2. The van der Waals surface area contributed by atoms with Gasteiger partial charge in [-0.1, -0.05) is 13.8 Å². The van der Waals surface area contributed by atoms with Gasteiger partial charge in [0.25, 0.3) is 11.6 Å². The van der Waals surface area contributed by atoms with Crippen LogP contribution in [0.2, 0.25) is 0 Å². The number of nitro benzene ring substituents is 1. The molecule has 0 aliphatic rings. The van der Waals surface area contributed by atoms with E-state index < -0.39 is 28.4 Å². The number of non-ortho nitro benzene ring substituents is 1. The number of nitriles is 1. The molecular weight excluding hydrogens is 314 g/mol. The SMILES string of the molecule is CC(C)[C@](C)(C#N)NC(=O)[C@H](C)OC(=O)c1ccc([N+](=O)[O-])cc1. The summed E-state index contributed by atoms with van der Waals surface area (Å²) in [5.74, 6) is -1.51. The number of esters is 1. The van der Waals surface area contributed by atoms with Crippen LogP contribution in [0, 0.1) is 27.4 Å². The summed E-state index contributed by atoms with van der Waals surface area (Å²) in [5, 5.41) is 22.3. The summed E-state index contributed by atoms with van der Waals surface area (Å²) in [5.41, 5.74) is -1.14. The van der Waals surface area contributed by atoms with Gasteiger partial charge in [0.15, 0.2) is 6.10 Å².